The van der Waals surface area contributed by atoms with Crippen molar-refractivity contribution in [3.63, 3.8) is 0 Å². The molecule has 0 aliphatic rings. The number of anilines is 1. The van der Waals surface area contributed by atoms with Crippen LogP contribution in [0.15, 0.2) is 121 Å². The largest absolute Gasteiger partial charge is 0.368 e. The van der Waals surface area contributed by atoms with E-state index in [4.69, 9.17) is 0 Å². The van der Waals surface area contributed by atoms with Gasteiger partial charge < -0.3 is 5.32 Å². The van der Waals surface area contributed by atoms with Crippen LogP contribution in [0.3, 0.4) is 0 Å². The highest BCUT2D eigenvalue weighted by molar-refractivity contribution is 5.60. The van der Waals surface area contributed by atoms with E-state index < -0.39 is 5.54 Å². The van der Waals surface area contributed by atoms with Crippen molar-refractivity contribution in [2.24, 2.45) is 0 Å². The summed E-state index contributed by atoms with van der Waals surface area (Å²) >= 11 is 0. The van der Waals surface area contributed by atoms with Crippen LogP contribution >= 0.6 is 0 Å². The molecule has 0 fully saturated rings. The van der Waals surface area contributed by atoms with Crippen LogP contribution < -0.4 is 5.32 Å². The van der Waals surface area contributed by atoms with Crippen molar-refractivity contribution >= 4 is 5.69 Å². The molecule has 0 atom stereocenters. The number of para-hydroxylation sites is 1. The van der Waals surface area contributed by atoms with Crippen LogP contribution in [-0.2, 0) is 5.54 Å². The zero-order chi connectivity index (χ0) is 17.7. The van der Waals surface area contributed by atoms with Gasteiger partial charge in [0.05, 0.1) is 0 Å². The molecule has 1 N–H and O–H groups in total. The first-order valence-electron chi connectivity index (χ1n) is 8.89. The summed E-state index contributed by atoms with van der Waals surface area (Å²) in [6.45, 7) is 0. The van der Waals surface area contributed by atoms with Gasteiger partial charge in [0.25, 0.3) is 0 Å². The molecule has 0 radical (unpaired) electrons. The van der Waals surface area contributed by atoms with Gasteiger partial charge in [0.2, 0.25) is 0 Å². The normalized spacial score (nSPS) is 11.1. The average molecular weight is 335 g/mol. The molecule has 4 aromatic rings. The Hall–Kier alpha value is -3.32. The molecule has 0 amide bonds. The van der Waals surface area contributed by atoms with Gasteiger partial charge in [-0.3, -0.25) is 0 Å². The Balaban J connectivity index is 2.00. The van der Waals surface area contributed by atoms with Gasteiger partial charge in [0.15, 0.2) is 0 Å². The van der Waals surface area contributed by atoms with E-state index in [1.807, 2.05) is 6.07 Å². The first kappa shape index (κ1) is 16.2. The Morgan fingerprint density at radius 3 is 1.04 bits per heavy atom. The summed E-state index contributed by atoms with van der Waals surface area (Å²) in [5.74, 6) is 0. The molecule has 0 bridgehead atoms. The van der Waals surface area contributed by atoms with E-state index in [0.717, 1.165) is 5.69 Å². The molecule has 1 nitrogen and oxygen atoms in total. The maximum atomic E-state index is 3.84. The molecule has 4 aromatic carbocycles. The Bertz CT molecular complexity index is 836. The first-order valence-corrected chi connectivity index (χ1v) is 8.89. The van der Waals surface area contributed by atoms with Crippen molar-refractivity contribution in [2.45, 2.75) is 5.54 Å². The molecule has 4 rings (SSSR count). The third kappa shape index (κ3) is 3.00. The predicted molar refractivity (Wildman–Crippen MR) is 109 cm³/mol. The lowest BCUT2D eigenvalue weighted by Gasteiger charge is -2.38. The summed E-state index contributed by atoms with van der Waals surface area (Å²) in [6.07, 6.45) is 0. The van der Waals surface area contributed by atoms with Crippen molar-refractivity contribution in [1.29, 1.82) is 0 Å². The molecule has 26 heavy (non-hydrogen) atoms. The second kappa shape index (κ2) is 7.28. The molecule has 0 saturated carbocycles. The standard InChI is InChI=1S/C25H21N/c1-5-13-21(14-6-1)25(22-15-7-2-8-16-22,23-17-9-3-10-18-23)26-24-19-11-4-12-20-24/h1-20,26H. The molecule has 1 heteroatoms. The van der Waals surface area contributed by atoms with Gasteiger partial charge in [0.1, 0.15) is 5.54 Å². The number of hydrogen-bond donors (Lipinski definition) is 1. The SMILES string of the molecule is c1ccc(NC(c2ccccc2)(c2ccccc2)c2ccccc2)cc1. The molecule has 0 heterocycles. The van der Waals surface area contributed by atoms with Gasteiger partial charge in [-0.25, -0.2) is 0 Å². The van der Waals surface area contributed by atoms with Crippen molar-refractivity contribution < 1.29 is 0 Å². The van der Waals surface area contributed by atoms with Gasteiger partial charge >= 0.3 is 0 Å². The molecule has 0 aliphatic carbocycles. The minimum Gasteiger partial charge on any atom is -0.368 e. The Kier molecular flexibility index (Phi) is 4.53. The van der Waals surface area contributed by atoms with Gasteiger partial charge in [-0.05, 0) is 28.8 Å². The summed E-state index contributed by atoms with van der Waals surface area (Å²) in [7, 11) is 0. The zero-order valence-electron chi connectivity index (χ0n) is 14.5. The highest BCUT2D eigenvalue weighted by Gasteiger charge is 2.36. The van der Waals surface area contributed by atoms with Crippen LogP contribution in [0.25, 0.3) is 0 Å². The van der Waals surface area contributed by atoms with E-state index in [1.165, 1.54) is 16.7 Å². The lowest BCUT2D eigenvalue weighted by Crippen LogP contribution is -2.38. The maximum Gasteiger partial charge on any atom is 0.114 e. The predicted octanol–water partition coefficient (Wildman–Crippen LogP) is 6.09. The van der Waals surface area contributed by atoms with Crippen molar-refractivity contribution in [3.8, 4) is 0 Å². The molecule has 0 saturated heterocycles. The van der Waals surface area contributed by atoms with E-state index in [9.17, 15) is 0 Å². The fourth-order valence-electron chi connectivity index (χ4n) is 3.52. The summed E-state index contributed by atoms with van der Waals surface area (Å²) in [4.78, 5) is 0. The van der Waals surface area contributed by atoms with Crippen molar-refractivity contribution in [3.05, 3.63) is 138 Å². The summed E-state index contributed by atoms with van der Waals surface area (Å²) in [5.41, 5.74) is 4.25. The van der Waals surface area contributed by atoms with Crippen molar-refractivity contribution in [2.75, 3.05) is 5.32 Å². The Labute approximate surface area is 155 Å². The lowest BCUT2D eigenvalue weighted by molar-refractivity contribution is 0.712. The quantitative estimate of drug-likeness (QED) is 0.435. The average Bonchev–Trinajstić information content (AvgIpc) is 2.75. The highest BCUT2D eigenvalue weighted by atomic mass is 15.0. The van der Waals surface area contributed by atoms with E-state index in [2.05, 4.69) is 121 Å². The second-order valence-electron chi connectivity index (χ2n) is 6.34. The summed E-state index contributed by atoms with van der Waals surface area (Å²) in [5, 5.41) is 3.84. The van der Waals surface area contributed by atoms with E-state index >= 15 is 0 Å². The molecule has 0 aliphatic heterocycles. The maximum absolute atomic E-state index is 3.84. The number of hydrogen-bond acceptors (Lipinski definition) is 1. The fourth-order valence-corrected chi connectivity index (χ4v) is 3.52. The molecule has 0 unspecified atom stereocenters. The topological polar surface area (TPSA) is 12.0 Å². The van der Waals surface area contributed by atoms with E-state index in [0.29, 0.717) is 0 Å². The van der Waals surface area contributed by atoms with Crippen molar-refractivity contribution in [1.82, 2.24) is 0 Å². The Morgan fingerprint density at radius 2 is 0.692 bits per heavy atom. The monoisotopic (exact) mass is 335 g/mol. The van der Waals surface area contributed by atoms with Crippen LogP contribution in [0, 0.1) is 0 Å². The first-order chi connectivity index (χ1) is 12.9. The summed E-state index contributed by atoms with van der Waals surface area (Å²) in [6, 6.07) is 42.3. The van der Waals surface area contributed by atoms with Crippen LogP contribution in [0.1, 0.15) is 16.7 Å². The summed E-state index contributed by atoms with van der Waals surface area (Å²) < 4.78 is 0. The highest BCUT2D eigenvalue weighted by Crippen LogP contribution is 2.39. The van der Waals surface area contributed by atoms with Gasteiger partial charge in [-0.15, -0.1) is 0 Å². The smallest absolute Gasteiger partial charge is 0.114 e. The molecular weight excluding hydrogens is 314 g/mol. The van der Waals surface area contributed by atoms with Crippen LogP contribution in [-0.4, -0.2) is 0 Å². The third-order valence-corrected chi connectivity index (χ3v) is 4.73. The number of benzene rings is 4. The van der Waals surface area contributed by atoms with Crippen LogP contribution in [0.4, 0.5) is 5.69 Å². The second-order valence-corrected chi connectivity index (χ2v) is 6.34. The fraction of sp³-hybridized carbons (Fsp3) is 0.0400. The number of nitrogens with one attached hydrogen (secondary N) is 1. The van der Waals surface area contributed by atoms with Gasteiger partial charge in [0, 0.05) is 5.69 Å². The Morgan fingerprint density at radius 1 is 0.385 bits per heavy atom. The minimum atomic E-state index is -0.467. The van der Waals surface area contributed by atoms with E-state index in [-0.39, 0.29) is 0 Å². The van der Waals surface area contributed by atoms with Crippen LogP contribution in [0.2, 0.25) is 0 Å². The van der Waals surface area contributed by atoms with E-state index in [1.54, 1.807) is 0 Å². The molecule has 0 spiro atoms. The van der Waals surface area contributed by atoms with Gasteiger partial charge in [-0.2, -0.15) is 0 Å². The third-order valence-electron chi connectivity index (χ3n) is 4.73. The molecular formula is C25H21N. The molecule has 126 valence electrons. The minimum absolute atomic E-state index is 0.467. The molecule has 0 aromatic heterocycles. The zero-order valence-corrected chi connectivity index (χ0v) is 14.5. The lowest BCUT2D eigenvalue weighted by atomic mass is 9.77. The van der Waals surface area contributed by atoms with Crippen LogP contribution in [0.5, 0.6) is 0 Å². The van der Waals surface area contributed by atoms with Gasteiger partial charge in [-0.1, -0.05) is 109 Å². The number of rotatable bonds is 5.